The predicted molar refractivity (Wildman–Crippen MR) is 109 cm³/mol. The van der Waals surface area contributed by atoms with E-state index in [2.05, 4.69) is 35.2 Å². The van der Waals surface area contributed by atoms with E-state index in [9.17, 15) is 10.1 Å². The van der Waals surface area contributed by atoms with Crippen LogP contribution in [0.3, 0.4) is 0 Å². The largest absolute Gasteiger partial charge is 0.368 e. The molecule has 0 aliphatic carbocycles. The van der Waals surface area contributed by atoms with Crippen LogP contribution in [0.2, 0.25) is 0 Å². The summed E-state index contributed by atoms with van der Waals surface area (Å²) in [6.45, 7) is 1.37. The predicted octanol–water partition coefficient (Wildman–Crippen LogP) is 3.64. The van der Waals surface area contributed by atoms with E-state index in [1.165, 1.54) is 11.1 Å². The number of primary amides is 1. The Hall–Kier alpha value is -3.42. The van der Waals surface area contributed by atoms with Crippen molar-refractivity contribution in [3.63, 3.8) is 0 Å². The molecule has 1 atom stereocenters. The first kappa shape index (κ1) is 18.0. The summed E-state index contributed by atoms with van der Waals surface area (Å²) in [4.78, 5) is 14.2. The summed E-state index contributed by atoms with van der Waals surface area (Å²) in [6, 6.07) is 25.9. The Morgan fingerprint density at radius 3 is 2.39 bits per heavy atom. The third kappa shape index (κ3) is 3.53. The number of rotatable bonds is 4. The van der Waals surface area contributed by atoms with Crippen molar-refractivity contribution in [1.29, 1.82) is 5.26 Å². The lowest BCUT2D eigenvalue weighted by atomic mass is 9.93. The van der Waals surface area contributed by atoms with E-state index in [0.29, 0.717) is 25.1 Å². The molecule has 1 heterocycles. The highest BCUT2D eigenvalue weighted by Crippen LogP contribution is 2.27. The van der Waals surface area contributed by atoms with Crippen molar-refractivity contribution in [3.8, 4) is 17.2 Å². The number of benzene rings is 3. The van der Waals surface area contributed by atoms with E-state index in [0.717, 1.165) is 16.7 Å². The van der Waals surface area contributed by atoms with Crippen LogP contribution in [0.25, 0.3) is 11.1 Å². The Morgan fingerprint density at radius 1 is 1.00 bits per heavy atom. The van der Waals surface area contributed by atoms with Crippen LogP contribution in [0.4, 0.5) is 0 Å². The van der Waals surface area contributed by atoms with Crippen LogP contribution >= 0.6 is 0 Å². The van der Waals surface area contributed by atoms with Crippen LogP contribution < -0.4 is 5.73 Å². The van der Waals surface area contributed by atoms with Gasteiger partial charge in [-0.3, -0.25) is 9.69 Å². The summed E-state index contributed by atoms with van der Waals surface area (Å²) in [7, 11) is 0. The zero-order valence-corrected chi connectivity index (χ0v) is 15.5. The van der Waals surface area contributed by atoms with Crippen molar-refractivity contribution >= 4 is 5.91 Å². The highest BCUT2D eigenvalue weighted by atomic mass is 16.1. The zero-order chi connectivity index (χ0) is 19.5. The van der Waals surface area contributed by atoms with Crippen LogP contribution in [0.1, 0.15) is 22.3 Å². The first-order valence-electron chi connectivity index (χ1n) is 9.34. The number of hydrogen-bond acceptors (Lipinski definition) is 3. The highest BCUT2D eigenvalue weighted by molar-refractivity contribution is 5.80. The lowest BCUT2D eigenvalue weighted by molar-refractivity contribution is -0.124. The summed E-state index contributed by atoms with van der Waals surface area (Å²) in [5, 5.41) is 9.31. The first-order valence-corrected chi connectivity index (χ1v) is 9.34. The van der Waals surface area contributed by atoms with Crippen LogP contribution in [-0.2, 0) is 24.3 Å². The van der Waals surface area contributed by atoms with Gasteiger partial charge in [0, 0.05) is 13.1 Å². The fraction of sp³-hybridized carbons (Fsp3) is 0.167. The number of nitrogens with two attached hydrogens (primary N) is 1. The van der Waals surface area contributed by atoms with Crippen molar-refractivity contribution in [2.45, 2.75) is 25.6 Å². The van der Waals surface area contributed by atoms with Gasteiger partial charge in [0.1, 0.15) is 0 Å². The Balaban J connectivity index is 1.57. The smallest absolute Gasteiger partial charge is 0.235 e. The Labute approximate surface area is 164 Å². The molecule has 1 amide bonds. The molecule has 0 unspecified atom stereocenters. The maximum atomic E-state index is 12.0. The monoisotopic (exact) mass is 367 g/mol. The van der Waals surface area contributed by atoms with Gasteiger partial charge in [0.15, 0.2) is 0 Å². The number of nitrogens with zero attached hydrogens (tertiary/aromatic N) is 2. The van der Waals surface area contributed by atoms with Gasteiger partial charge in [-0.1, -0.05) is 66.7 Å². The molecule has 3 aromatic carbocycles. The molecule has 4 nitrogen and oxygen atoms in total. The fourth-order valence-electron chi connectivity index (χ4n) is 3.88. The SMILES string of the molecule is N#Cc1ccccc1-c1ccc(CN2Cc3ccccc3C[C@H]2C(N)=O)cc1. The van der Waals surface area contributed by atoms with E-state index in [4.69, 9.17) is 5.73 Å². The quantitative estimate of drug-likeness (QED) is 0.765. The summed E-state index contributed by atoms with van der Waals surface area (Å²) in [6.07, 6.45) is 0.652. The molecule has 4 heteroatoms. The number of fused-ring (bicyclic) bond motifs is 1. The molecule has 0 fully saturated rings. The number of nitriles is 1. The van der Waals surface area contributed by atoms with Crippen LogP contribution in [0.15, 0.2) is 72.8 Å². The van der Waals surface area contributed by atoms with E-state index in [1.54, 1.807) is 0 Å². The molecule has 1 aliphatic rings. The minimum atomic E-state index is -0.297. The summed E-state index contributed by atoms with van der Waals surface area (Å²) in [5.74, 6) is -0.283. The summed E-state index contributed by atoms with van der Waals surface area (Å²) in [5.41, 5.74) is 11.9. The molecule has 2 N–H and O–H groups in total. The molecule has 28 heavy (non-hydrogen) atoms. The van der Waals surface area contributed by atoms with E-state index >= 15 is 0 Å². The Bertz CT molecular complexity index is 1050. The van der Waals surface area contributed by atoms with Gasteiger partial charge in [-0.05, 0) is 40.3 Å². The number of amides is 1. The standard InChI is InChI=1S/C24H21N3O/c25-14-20-6-3-4-8-22(20)18-11-9-17(10-12-18)15-27-16-21-7-2-1-5-19(21)13-23(27)24(26)28/h1-12,23H,13,15-16H2,(H2,26,28)/t23-/m0/s1. The third-order valence-electron chi connectivity index (χ3n) is 5.37. The zero-order valence-electron chi connectivity index (χ0n) is 15.5. The van der Waals surface area contributed by atoms with Crippen LogP contribution in [0.5, 0.6) is 0 Å². The Kier molecular flexibility index (Phi) is 4.92. The molecule has 0 saturated carbocycles. The number of hydrogen-bond donors (Lipinski definition) is 1. The fourth-order valence-corrected chi connectivity index (χ4v) is 3.88. The van der Waals surface area contributed by atoms with Gasteiger partial charge in [-0.25, -0.2) is 0 Å². The molecule has 3 aromatic rings. The van der Waals surface area contributed by atoms with Gasteiger partial charge in [0.25, 0.3) is 0 Å². The molecule has 0 spiro atoms. The molecule has 0 bridgehead atoms. The molecular formula is C24H21N3O. The maximum absolute atomic E-state index is 12.0. The van der Waals surface area contributed by atoms with Gasteiger partial charge in [0.2, 0.25) is 5.91 Å². The second-order valence-corrected chi connectivity index (χ2v) is 7.15. The molecule has 0 radical (unpaired) electrons. The van der Waals surface area contributed by atoms with Gasteiger partial charge in [0.05, 0.1) is 17.7 Å². The number of carbonyl (C=O) groups is 1. The Morgan fingerprint density at radius 2 is 1.68 bits per heavy atom. The number of carbonyl (C=O) groups excluding carboxylic acids is 1. The minimum Gasteiger partial charge on any atom is -0.368 e. The molecule has 4 rings (SSSR count). The normalized spacial score (nSPS) is 16.2. The van der Waals surface area contributed by atoms with Crippen LogP contribution in [-0.4, -0.2) is 16.8 Å². The first-order chi connectivity index (χ1) is 13.7. The van der Waals surface area contributed by atoms with Gasteiger partial charge >= 0.3 is 0 Å². The van der Waals surface area contributed by atoms with Gasteiger partial charge in [-0.15, -0.1) is 0 Å². The average Bonchev–Trinajstić information content (AvgIpc) is 2.73. The summed E-state index contributed by atoms with van der Waals surface area (Å²) >= 11 is 0. The molecular weight excluding hydrogens is 346 g/mol. The van der Waals surface area contributed by atoms with E-state index in [1.807, 2.05) is 48.5 Å². The lowest BCUT2D eigenvalue weighted by Gasteiger charge is -2.35. The third-order valence-corrected chi connectivity index (χ3v) is 5.37. The average molecular weight is 367 g/mol. The van der Waals surface area contributed by atoms with E-state index in [-0.39, 0.29) is 11.9 Å². The topological polar surface area (TPSA) is 70.1 Å². The van der Waals surface area contributed by atoms with Crippen LogP contribution in [0, 0.1) is 11.3 Å². The molecule has 1 aliphatic heterocycles. The highest BCUT2D eigenvalue weighted by Gasteiger charge is 2.29. The maximum Gasteiger partial charge on any atom is 0.235 e. The second-order valence-electron chi connectivity index (χ2n) is 7.15. The minimum absolute atomic E-state index is 0.283. The van der Waals surface area contributed by atoms with Gasteiger partial charge in [-0.2, -0.15) is 5.26 Å². The second kappa shape index (κ2) is 7.67. The summed E-state index contributed by atoms with van der Waals surface area (Å²) < 4.78 is 0. The molecule has 0 saturated heterocycles. The van der Waals surface area contributed by atoms with E-state index < -0.39 is 0 Å². The molecule has 138 valence electrons. The van der Waals surface area contributed by atoms with Crippen molar-refractivity contribution in [2.75, 3.05) is 0 Å². The van der Waals surface area contributed by atoms with Crippen molar-refractivity contribution in [1.82, 2.24) is 4.90 Å². The van der Waals surface area contributed by atoms with Crippen molar-refractivity contribution in [2.24, 2.45) is 5.73 Å². The van der Waals surface area contributed by atoms with Gasteiger partial charge < -0.3 is 5.73 Å². The van der Waals surface area contributed by atoms with Crippen molar-refractivity contribution < 1.29 is 4.79 Å². The lowest BCUT2D eigenvalue weighted by Crippen LogP contribution is -2.48. The van der Waals surface area contributed by atoms with Crippen molar-refractivity contribution in [3.05, 3.63) is 95.1 Å². The molecule has 0 aromatic heterocycles.